The van der Waals surface area contributed by atoms with E-state index in [2.05, 4.69) is 5.43 Å². The maximum absolute atomic E-state index is 14.1. The molecule has 2 amide bonds. The van der Waals surface area contributed by atoms with E-state index in [0.29, 0.717) is 19.3 Å². The number of ketones is 1. The van der Waals surface area contributed by atoms with Crippen LogP contribution in [-0.2, 0) is 27.2 Å². The van der Waals surface area contributed by atoms with Crippen molar-refractivity contribution in [1.29, 1.82) is 0 Å². The third-order valence-electron chi connectivity index (χ3n) is 7.43. The maximum Gasteiger partial charge on any atom is 0.240 e. The number of Topliss-reactive ketones (excluding diaryl/α,β-unsaturated/α-hetero) is 1. The van der Waals surface area contributed by atoms with Crippen LogP contribution in [-0.4, -0.2) is 59.7 Å². The van der Waals surface area contributed by atoms with Gasteiger partial charge in [0, 0.05) is 26.6 Å². The molecule has 3 aromatic carbocycles. The highest BCUT2D eigenvalue weighted by Crippen LogP contribution is 2.26. The number of likely N-dealkylation sites (N-methyl/N-ethyl adjacent to an activating group) is 1. The first-order valence-corrected chi connectivity index (χ1v) is 12.9. The Bertz CT molecular complexity index is 1240. The Morgan fingerprint density at radius 3 is 2.30 bits per heavy atom. The summed E-state index contributed by atoms with van der Waals surface area (Å²) in [4.78, 5) is 40.9. The number of amides is 2. The first-order valence-electron chi connectivity index (χ1n) is 12.9. The molecular weight excluding hydrogens is 464 g/mol. The highest BCUT2D eigenvalue weighted by Gasteiger charge is 2.46. The van der Waals surface area contributed by atoms with E-state index in [4.69, 9.17) is 5.73 Å². The lowest BCUT2D eigenvalue weighted by Crippen LogP contribution is -2.63. The molecule has 1 unspecified atom stereocenters. The van der Waals surface area contributed by atoms with E-state index in [-0.39, 0.29) is 11.7 Å². The molecule has 0 spiro atoms. The third-order valence-corrected chi connectivity index (χ3v) is 7.43. The number of nitrogens with one attached hydrogen (secondary N) is 1. The first kappa shape index (κ1) is 26.5. The summed E-state index contributed by atoms with van der Waals surface area (Å²) in [6, 6.07) is 22.8. The summed E-state index contributed by atoms with van der Waals surface area (Å²) in [6.45, 7) is 3.17. The number of nitrogens with two attached hydrogens (primary N) is 1. The van der Waals surface area contributed by atoms with Gasteiger partial charge in [0.05, 0.1) is 17.5 Å². The quantitative estimate of drug-likeness (QED) is 0.395. The number of carbonyl (C=O) groups is 3. The molecule has 7 heteroatoms. The summed E-state index contributed by atoms with van der Waals surface area (Å²) in [7, 11) is 1.59. The second-order valence-electron chi connectivity index (χ2n) is 10.2. The van der Waals surface area contributed by atoms with Gasteiger partial charge in [0.2, 0.25) is 12.3 Å². The minimum Gasteiger partial charge on any atom is -0.338 e. The van der Waals surface area contributed by atoms with Gasteiger partial charge in [-0.25, -0.2) is 5.01 Å². The van der Waals surface area contributed by atoms with E-state index in [9.17, 15) is 14.4 Å². The van der Waals surface area contributed by atoms with Crippen LogP contribution in [0.15, 0.2) is 72.8 Å². The number of nitrogens with zero attached hydrogens (tertiary/aromatic N) is 2. The Morgan fingerprint density at radius 2 is 1.62 bits per heavy atom. The third kappa shape index (κ3) is 6.24. The first-order chi connectivity index (χ1) is 17.8. The molecule has 4 rings (SSSR count). The summed E-state index contributed by atoms with van der Waals surface area (Å²) >= 11 is 0. The standard InChI is InChI=1S/C30H36N4O3/c1-30(31,26(19-22-10-4-3-5-11-22)29(37)32-34-16-8-9-17-34)28(36)27(33(2)21-35)20-23-14-15-24-12-6-7-13-25(24)18-23/h3-7,10-15,18,21,26-27H,8-9,16-17,19-20,31H2,1-2H3,(H,32,37)/t26-,27-,30?/m1/s1. The molecule has 3 atom stereocenters. The van der Waals surface area contributed by atoms with Crippen LogP contribution < -0.4 is 11.2 Å². The van der Waals surface area contributed by atoms with Crippen molar-refractivity contribution in [3.63, 3.8) is 0 Å². The molecular formula is C30H36N4O3. The van der Waals surface area contributed by atoms with Gasteiger partial charge in [-0.3, -0.25) is 19.8 Å². The SMILES string of the molecule is CN(C=O)[C@H](Cc1ccc2ccccc2c1)C(=O)C(C)(N)[C@H](Cc1ccccc1)C(=O)NN1CCCC1. The van der Waals surface area contributed by atoms with Crippen LogP contribution in [0.3, 0.4) is 0 Å². The van der Waals surface area contributed by atoms with Crippen molar-refractivity contribution in [3.8, 4) is 0 Å². The van der Waals surface area contributed by atoms with Crippen molar-refractivity contribution >= 4 is 28.9 Å². The molecule has 0 bridgehead atoms. The van der Waals surface area contributed by atoms with Gasteiger partial charge in [-0.05, 0) is 48.1 Å². The summed E-state index contributed by atoms with van der Waals surface area (Å²) in [6.07, 6.45) is 3.29. The predicted octanol–water partition coefficient (Wildman–Crippen LogP) is 3.11. The number of hydrogen-bond donors (Lipinski definition) is 2. The summed E-state index contributed by atoms with van der Waals surface area (Å²) in [5.41, 5.74) is 10.1. The molecule has 1 aliphatic rings. The molecule has 1 saturated heterocycles. The summed E-state index contributed by atoms with van der Waals surface area (Å²) in [5, 5.41) is 4.05. The zero-order valence-electron chi connectivity index (χ0n) is 21.6. The Balaban J connectivity index is 1.63. The average Bonchev–Trinajstić information content (AvgIpc) is 3.42. The second kappa shape index (κ2) is 11.7. The number of carbonyl (C=O) groups excluding carboxylic acids is 3. The predicted molar refractivity (Wildman–Crippen MR) is 145 cm³/mol. The van der Waals surface area contributed by atoms with Gasteiger partial charge in [0.1, 0.15) is 0 Å². The van der Waals surface area contributed by atoms with Crippen LogP contribution in [0.25, 0.3) is 10.8 Å². The van der Waals surface area contributed by atoms with Crippen molar-refractivity contribution in [2.75, 3.05) is 20.1 Å². The number of benzene rings is 3. The Hall–Kier alpha value is -3.55. The van der Waals surface area contributed by atoms with Crippen LogP contribution in [0, 0.1) is 5.92 Å². The van der Waals surface area contributed by atoms with Crippen molar-refractivity contribution in [1.82, 2.24) is 15.3 Å². The molecule has 194 valence electrons. The van der Waals surface area contributed by atoms with Crippen molar-refractivity contribution in [3.05, 3.63) is 83.9 Å². The number of hydrazine groups is 1. The Kier molecular flexibility index (Phi) is 8.36. The second-order valence-corrected chi connectivity index (χ2v) is 10.2. The molecule has 0 radical (unpaired) electrons. The molecule has 0 aromatic heterocycles. The topological polar surface area (TPSA) is 95.7 Å². The zero-order valence-corrected chi connectivity index (χ0v) is 21.6. The van der Waals surface area contributed by atoms with E-state index < -0.39 is 17.5 Å². The van der Waals surface area contributed by atoms with E-state index in [1.54, 1.807) is 14.0 Å². The molecule has 37 heavy (non-hydrogen) atoms. The van der Waals surface area contributed by atoms with Crippen LogP contribution in [0.2, 0.25) is 0 Å². The lowest BCUT2D eigenvalue weighted by atomic mass is 9.75. The Labute approximate surface area is 218 Å². The minimum absolute atomic E-state index is 0.276. The lowest BCUT2D eigenvalue weighted by Gasteiger charge is -2.37. The largest absolute Gasteiger partial charge is 0.338 e. The molecule has 0 aliphatic carbocycles. The van der Waals surface area contributed by atoms with E-state index >= 15 is 0 Å². The Morgan fingerprint density at radius 1 is 0.973 bits per heavy atom. The number of hydrogen-bond acceptors (Lipinski definition) is 5. The molecule has 1 heterocycles. The van der Waals surface area contributed by atoms with Crippen LogP contribution in [0.4, 0.5) is 0 Å². The molecule has 3 N–H and O–H groups in total. The minimum atomic E-state index is -1.52. The van der Waals surface area contributed by atoms with Gasteiger partial charge >= 0.3 is 0 Å². The normalized spacial score (nSPS) is 17.1. The molecule has 7 nitrogen and oxygen atoms in total. The van der Waals surface area contributed by atoms with Gasteiger partial charge in [-0.1, -0.05) is 72.8 Å². The number of rotatable bonds is 11. The molecule has 3 aromatic rings. The highest BCUT2D eigenvalue weighted by molar-refractivity contribution is 5.98. The fraction of sp³-hybridized carbons (Fsp3) is 0.367. The van der Waals surface area contributed by atoms with Crippen LogP contribution in [0.5, 0.6) is 0 Å². The van der Waals surface area contributed by atoms with Crippen molar-refractivity contribution in [2.24, 2.45) is 11.7 Å². The van der Waals surface area contributed by atoms with E-state index in [0.717, 1.165) is 47.8 Å². The van der Waals surface area contributed by atoms with Crippen molar-refractivity contribution < 1.29 is 14.4 Å². The van der Waals surface area contributed by atoms with E-state index in [1.807, 2.05) is 77.8 Å². The summed E-state index contributed by atoms with van der Waals surface area (Å²) in [5.74, 6) is -1.43. The fourth-order valence-corrected chi connectivity index (χ4v) is 5.10. The fourth-order valence-electron chi connectivity index (χ4n) is 5.10. The van der Waals surface area contributed by atoms with Gasteiger partial charge in [0.15, 0.2) is 5.78 Å². The molecule has 1 fully saturated rings. The monoisotopic (exact) mass is 500 g/mol. The molecule has 0 saturated carbocycles. The highest BCUT2D eigenvalue weighted by atomic mass is 16.2. The van der Waals surface area contributed by atoms with Gasteiger partial charge in [0.25, 0.3) is 0 Å². The number of fused-ring (bicyclic) bond motifs is 1. The van der Waals surface area contributed by atoms with Gasteiger partial charge in [-0.2, -0.15) is 0 Å². The zero-order chi connectivity index (χ0) is 26.4. The van der Waals surface area contributed by atoms with Gasteiger partial charge < -0.3 is 10.6 Å². The van der Waals surface area contributed by atoms with Crippen molar-refractivity contribution in [2.45, 2.75) is 44.2 Å². The van der Waals surface area contributed by atoms with Crippen LogP contribution in [0.1, 0.15) is 30.9 Å². The maximum atomic E-state index is 14.1. The molecule has 1 aliphatic heterocycles. The lowest BCUT2D eigenvalue weighted by molar-refractivity contribution is -0.141. The van der Waals surface area contributed by atoms with E-state index in [1.165, 1.54) is 4.90 Å². The summed E-state index contributed by atoms with van der Waals surface area (Å²) < 4.78 is 0. The smallest absolute Gasteiger partial charge is 0.240 e. The average molecular weight is 501 g/mol. The van der Waals surface area contributed by atoms with Crippen LogP contribution >= 0.6 is 0 Å². The van der Waals surface area contributed by atoms with Gasteiger partial charge in [-0.15, -0.1) is 0 Å².